The van der Waals surface area contributed by atoms with Crippen LogP contribution in [0.5, 0.6) is 0 Å². The third kappa shape index (κ3) is 3.40. The summed E-state index contributed by atoms with van der Waals surface area (Å²) in [4.78, 5) is 4.29. The fraction of sp³-hybridized carbons (Fsp3) is 0.583. The predicted octanol–water partition coefficient (Wildman–Crippen LogP) is 2.72. The lowest BCUT2D eigenvalue weighted by molar-refractivity contribution is -0.144. The Bertz CT molecular complexity index is 392. The third-order valence-corrected chi connectivity index (χ3v) is 3.66. The van der Waals surface area contributed by atoms with E-state index in [1.807, 2.05) is 26.1 Å². The fourth-order valence-electron chi connectivity index (χ4n) is 1.75. The molecule has 0 amide bonds. The molecule has 1 saturated heterocycles. The molecule has 1 aromatic heterocycles. The van der Waals surface area contributed by atoms with Crippen LogP contribution in [0, 0.1) is 6.92 Å². The van der Waals surface area contributed by atoms with Crippen LogP contribution in [0.25, 0.3) is 0 Å². The van der Waals surface area contributed by atoms with Gasteiger partial charge in [0.2, 0.25) is 0 Å². The van der Waals surface area contributed by atoms with Crippen LogP contribution < -0.4 is 5.32 Å². The molecule has 1 aromatic rings. The Labute approximate surface area is 110 Å². The standard InChI is InChI=1S/C12H17BrN2O2/c1-9-7-11(15-8-10(9)13)14-4-3-12(2)16-5-6-17-12/h7-8H,3-6H2,1-2H3,(H,14,15). The van der Waals surface area contributed by atoms with Gasteiger partial charge in [0.05, 0.1) is 13.2 Å². The van der Waals surface area contributed by atoms with Crippen molar-refractivity contribution in [3.05, 3.63) is 22.3 Å². The first-order valence-electron chi connectivity index (χ1n) is 5.73. The number of aromatic nitrogens is 1. The average Bonchev–Trinajstić information content (AvgIpc) is 2.71. The summed E-state index contributed by atoms with van der Waals surface area (Å²) >= 11 is 3.43. The molecule has 1 fully saturated rings. The first-order chi connectivity index (χ1) is 8.09. The summed E-state index contributed by atoms with van der Waals surface area (Å²) in [5.74, 6) is 0.449. The first kappa shape index (κ1) is 12.8. The second-order valence-corrected chi connectivity index (χ2v) is 5.18. The van der Waals surface area contributed by atoms with E-state index in [1.165, 1.54) is 5.56 Å². The smallest absolute Gasteiger partial charge is 0.167 e. The molecule has 0 saturated carbocycles. The molecule has 5 heteroatoms. The van der Waals surface area contributed by atoms with Crippen LogP contribution in [0.15, 0.2) is 16.7 Å². The molecule has 4 nitrogen and oxygen atoms in total. The molecule has 2 rings (SSSR count). The highest BCUT2D eigenvalue weighted by molar-refractivity contribution is 9.10. The lowest BCUT2D eigenvalue weighted by Crippen LogP contribution is -2.28. The van der Waals surface area contributed by atoms with Crippen LogP contribution >= 0.6 is 15.9 Å². The van der Waals surface area contributed by atoms with Crippen LogP contribution in [-0.4, -0.2) is 30.5 Å². The van der Waals surface area contributed by atoms with Gasteiger partial charge in [0.25, 0.3) is 0 Å². The third-order valence-electron chi connectivity index (χ3n) is 2.83. The summed E-state index contributed by atoms with van der Waals surface area (Å²) in [6.45, 7) is 6.17. The number of hydrogen-bond acceptors (Lipinski definition) is 4. The number of pyridine rings is 1. The molecule has 1 aliphatic heterocycles. The largest absolute Gasteiger partial charge is 0.370 e. The zero-order valence-electron chi connectivity index (χ0n) is 10.1. The lowest BCUT2D eigenvalue weighted by Gasteiger charge is -2.22. The zero-order chi connectivity index (χ0) is 12.3. The lowest BCUT2D eigenvalue weighted by atomic mass is 10.2. The molecule has 0 aliphatic carbocycles. The van der Waals surface area contributed by atoms with E-state index in [4.69, 9.17) is 9.47 Å². The van der Waals surface area contributed by atoms with Gasteiger partial charge < -0.3 is 14.8 Å². The number of nitrogens with zero attached hydrogens (tertiary/aromatic N) is 1. The first-order valence-corrected chi connectivity index (χ1v) is 6.52. The minimum absolute atomic E-state index is 0.433. The van der Waals surface area contributed by atoms with Crippen LogP contribution in [0.4, 0.5) is 5.82 Å². The maximum atomic E-state index is 5.53. The van der Waals surface area contributed by atoms with E-state index in [0.717, 1.165) is 23.3 Å². The number of aryl methyl sites for hydroxylation is 1. The van der Waals surface area contributed by atoms with Crippen LogP contribution in [0.3, 0.4) is 0 Å². The molecule has 2 heterocycles. The number of hydrogen-bond donors (Lipinski definition) is 1. The van der Waals surface area contributed by atoms with Crippen LogP contribution in [-0.2, 0) is 9.47 Å². The molecule has 0 radical (unpaired) electrons. The topological polar surface area (TPSA) is 43.4 Å². The molecular weight excluding hydrogens is 284 g/mol. The van der Waals surface area contributed by atoms with Crippen molar-refractivity contribution < 1.29 is 9.47 Å². The molecule has 0 bridgehead atoms. The molecule has 0 unspecified atom stereocenters. The van der Waals surface area contributed by atoms with Crippen molar-refractivity contribution in [2.24, 2.45) is 0 Å². The van der Waals surface area contributed by atoms with Crippen LogP contribution in [0.1, 0.15) is 18.9 Å². The Hall–Kier alpha value is -0.650. The van der Waals surface area contributed by atoms with Crippen molar-refractivity contribution in [1.29, 1.82) is 0 Å². The number of rotatable bonds is 4. The highest BCUT2D eigenvalue weighted by atomic mass is 79.9. The van der Waals surface area contributed by atoms with Gasteiger partial charge in [-0.3, -0.25) is 0 Å². The van der Waals surface area contributed by atoms with Crippen molar-refractivity contribution in [3.8, 4) is 0 Å². The summed E-state index contributed by atoms with van der Waals surface area (Å²) in [7, 11) is 0. The molecule has 0 aromatic carbocycles. The molecule has 0 spiro atoms. The van der Waals surface area contributed by atoms with Gasteiger partial charge in [-0.15, -0.1) is 0 Å². The molecule has 1 N–H and O–H groups in total. The number of ether oxygens (including phenoxy) is 2. The van der Waals surface area contributed by atoms with Crippen molar-refractivity contribution in [2.45, 2.75) is 26.1 Å². The van der Waals surface area contributed by atoms with Gasteiger partial charge in [0, 0.05) is 23.6 Å². The number of anilines is 1. The summed E-state index contributed by atoms with van der Waals surface area (Å²) < 4.78 is 12.1. The van der Waals surface area contributed by atoms with Gasteiger partial charge in [-0.2, -0.15) is 0 Å². The molecule has 17 heavy (non-hydrogen) atoms. The predicted molar refractivity (Wildman–Crippen MR) is 70.1 cm³/mol. The van der Waals surface area contributed by atoms with Crippen molar-refractivity contribution in [2.75, 3.05) is 25.1 Å². The Kier molecular flexibility index (Phi) is 4.01. The van der Waals surface area contributed by atoms with Gasteiger partial charge in [-0.25, -0.2) is 4.98 Å². The number of nitrogens with one attached hydrogen (secondary N) is 1. The second-order valence-electron chi connectivity index (χ2n) is 4.33. The molecular formula is C12H17BrN2O2. The zero-order valence-corrected chi connectivity index (χ0v) is 11.7. The van der Waals surface area contributed by atoms with Gasteiger partial charge in [0.15, 0.2) is 5.79 Å². The average molecular weight is 301 g/mol. The highest BCUT2D eigenvalue weighted by Crippen LogP contribution is 2.23. The maximum Gasteiger partial charge on any atom is 0.167 e. The maximum absolute atomic E-state index is 5.53. The SMILES string of the molecule is Cc1cc(NCCC2(C)OCCO2)ncc1Br. The van der Waals surface area contributed by atoms with E-state index in [9.17, 15) is 0 Å². The Balaban J connectivity index is 1.83. The summed E-state index contributed by atoms with van der Waals surface area (Å²) in [6.07, 6.45) is 2.62. The van der Waals surface area contributed by atoms with E-state index in [-0.39, 0.29) is 0 Å². The Morgan fingerprint density at radius 1 is 1.47 bits per heavy atom. The second kappa shape index (κ2) is 5.33. The monoisotopic (exact) mass is 300 g/mol. The van der Waals surface area contributed by atoms with Gasteiger partial charge in [-0.05, 0) is 41.4 Å². The summed E-state index contributed by atoms with van der Waals surface area (Å²) in [6, 6.07) is 2.02. The fourth-order valence-corrected chi connectivity index (χ4v) is 1.97. The molecule has 1 aliphatic rings. The van der Waals surface area contributed by atoms with Gasteiger partial charge in [-0.1, -0.05) is 0 Å². The summed E-state index contributed by atoms with van der Waals surface area (Å²) in [5.41, 5.74) is 1.17. The molecule has 94 valence electrons. The number of halogens is 1. The van der Waals surface area contributed by atoms with E-state index >= 15 is 0 Å². The van der Waals surface area contributed by atoms with E-state index in [0.29, 0.717) is 13.2 Å². The van der Waals surface area contributed by atoms with Gasteiger partial charge in [0.1, 0.15) is 5.82 Å². The summed E-state index contributed by atoms with van der Waals surface area (Å²) in [5, 5.41) is 3.27. The van der Waals surface area contributed by atoms with E-state index in [1.54, 1.807) is 0 Å². The molecule has 0 atom stereocenters. The van der Waals surface area contributed by atoms with E-state index in [2.05, 4.69) is 26.2 Å². The van der Waals surface area contributed by atoms with E-state index < -0.39 is 5.79 Å². The van der Waals surface area contributed by atoms with Crippen molar-refractivity contribution in [1.82, 2.24) is 4.98 Å². The Morgan fingerprint density at radius 2 is 2.18 bits per heavy atom. The Morgan fingerprint density at radius 3 is 2.82 bits per heavy atom. The quantitative estimate of drug-likeness (QED) is 0.928. The highest BCUT2D eigenvalue weighted by Gasteiger charge is 2.30. The van der Waals surface area contributed by atoms with Crippen molar-refractivity contribution >= 4 is 21.7 Å². The normalized spacial score (nSPS) is 18.3. The minimum atomic E-state index is -0.433. The van der Waals surface area contributed by atoms with Gasteiger partial charge >= 0.3 is 0 Å². The van der Waals surface area contributed by atoms with Crippen molar-refractivity contribution in [3.63, 3.8) is 0 Å². The van der Waals surface area contributed by atoms with Crippen LogP contribution in [0.2, 0.25) is 0 Å². The minimum Gasteiger partial charge on any atom is -0.370 e.